The molecule has 1 aromatic rings. The molecule has 2 aliphatic heterocycles. The lowest BCUT2D eigenvalue weighted by Gasteiger charge is -2.37. The van der Waals surface area contributed by atoms with Gasteiger partial charge in [0.25, 0.3) is 0 Å². The van der Waals surface area contributed by atoms with Crippen molar-refractivity contribution >= 4 is 28.6 Å². The first-order valence-corrected chi connectivity index (χ1v) is 8.40. The summed E-state index contributed by atoms with van der Waals surface area (Å²) in [5, 5.41) is 0.153. The first-order chi connectivity index (χ1) is 9.30. The fraction of sp³-hybridized carbons (Fsp3) is 0.500. The summed E-state index contributed by atoms with van der Waals surface area (Å²) >= 11 is 3.11. The van der Waals surface area contributed by atoms with Crippen molar-refractivity contribution in [2.24, 2.45) is 5.92 Å². The summed E-state index contributed by atoms with van der Waals surface area (Å²) in [7, 11) is 0. The maximum absolute atomic E-state index is 12.5. The van der Waals surface area contributed by atoms with Crippen LogP contribution in [0, 0.1) is 5.92 Å². The highest BCUT2D eigenvalue weighted by Crippen LogP contribution is 2.42. The second kappa shape index (κ2) is 5.87. The lowest BCUT2D eigenvalue weighted by atomic mass is 9.98. The van der Waals surface area contributed by atoms with Gasteiger partial charge in [-0.2, -0.15) is 11.8 Å². The van der Waals surface area contributed by atoms with Crippen LogP contribution in [-0.2, 0) is 14.3 Å². The Bertz CT molecular complexity index is 443. The summed E-state index contributed by atoms with van der Waals surface area (Å²) in [5.74, 6) is 0.974. The molecule has 0 bridgehead atoms. The molecule has 0 aromatic heterocycles. The minimum absolute atomic E-state index is 0.153. The van der Waals surface area contributed by atoms with Crippen molar-refractivity contribution in [2.45, 2.75) is 17.1 Å². The normalized spacial score (nSPS) is 25.6. The van der Waals surface area contributed by atoms with Crippen LogP contribution in [0.15, 0.2) is 35.2 Å². The van der Waals surface area contributed by atoms with Gasteiger partial charge in [-0.25, -0.2) is 0 Å². The van der Waals surface area contributed by atoms with Gasteiger partial charge in [0.05, 0.1) is 19.1 Å². The minimum Gasteiger partial charge on any atom is -0.347 e. The molecule has 0 unspecified atom stereocenters. The highest BCUT2D eigenvalue weighted by atomic mass is 32.2. The lowest BCUT2D eigenvalue weighted by molar-refractivity contribution is -0.191. The zero-order valence-corrected chi connectivity index (χ0v) is 12.2. The predicted molar refractivity (Wildman–Crippen MR) is 77.4 cm³/mol. The molecule has 0 saturated carbocycles. The summed E-state index contributed by atoms with van der Waals surface area (Å²) in [6, 6.07) is 9.77. The SMILES string of the molecule is O=C(Sc1ccccc1)[C@H]1CSCCC12OCCO2. The van der Waals surface area contributed by atoms with Gasteiger partial charge < -0.3 is 9.47 Å². The van der Waals surface area contributed by atoms with Gasteiger partial charge in [-0.05, 0) is 17.9 Å². The molecule has 2 fully saturated rings. The van der Waals surface area contributed by atoms with Crippen molar-refractivity contribution in [3.05, 3.63) is 30.3 Å². The largest absolute Gasteiger partial charge is 0.347 e. The highest BCUT2D eigenvalue weighted by Gasteiger charge is 2.49. The third-order valence-corrected chi connectivity index (χ3v) is 5.49. The summed E-state index contributed by atoms with van der Waals surface area (Å²) in [5.41, 5.74) is 0. The van der Waals surface area contributed by atoms with E-state index in [2.05, 4.69) is 0 Å². The van der Waals surface area contributed by atoms with Crippen molar-refractivity contribution in [3.63, 3.8) is 0 Å². The molecule has 102 valence electrons. The summed E-state index contributed by atoms with van der Waals surface area (Å²) in [4.78, 5) is 13.5. The van der Waals surface area contributed by atoms with E-state index in [1.54, 1.807) is 0 Å². The molecule has 1 aromatic carbocycles. The Morgan fingerprint density at radius 3 is 2.74 bits per heavy atom. The Hall–Kier alpha value is -0.490. The van der Waals surface area contributed by atoms with E-state index in [-0.39, 0.29) is 11.0 Å². The first kappa shape index (κ1) is 13.5. The number of carbonyl (C=O) groups is 1. The molecule has 5 heteroatoms. The van der Waals surface area contributed by atoms with E-state index in [1.165, 1.54) is 11.8 Å². The molecule has 0 N–H and O–H groups in total. The van der Waals surface area contributed by atoms with Gasteiger partial charge >= 0.3 is 0 Å². The second-order valence-electron chi connectivity index (χ2n) is 4.62. The summed E-state index contributed by atoms with van der Waals surface area (Å²) in [6.07, 6.45) is 0.809. The summed E-state index contributed by atoms with van der Waals surface area (Å²) < 4.78 is 11.6. The number of hydrogen-bond acceptors (Lipinski definition) is 5. The van der Waals surface area contributed by atoms with Crippen LogP contribution in [0.3, 0.4) is 0 Å². The molecular formula is C14H16O3S2. The van der Waals surface area contributed by atoms with E-state index in [4.69, 9.17) is 9.47 Å². The average molecular weight is 296 g/mol. The van der Waals surface area contributed by atoms with Crippen LogP contribution >= 0.6 is 23.5 Å². The van der Waals surface area contributed by atoms with Crippen molar-refractivity contribution in [3.8, 4) is 0 Å². The number of hydrogen-bond donors (Lipinski definition) is 0. The van der Waals surface area contributed by atoms with Crippen LogP contribution in [0.1, 0.15) is 6.42 Å². The zero-order chi connectivity index (χ0) is 13.1. The molecule has 0 radical (unpaired) electrons. The third kappa shape index (κ3) is 2.84. The van der Waals surface area contributed by atoms with Gasteiger partial charge in [-0.15, -0.1) is 0 Å². The van der Waals surface area contributed by atoms with Crippen LogP contribution < -0.4 is 0 Å². The van der Waals surface area contributed by atoms with Crippen molar-refractivity contribution in [2.75, 3.05) is 24.7 Å². The van der Waals surface area contributed by atoms with Crippen LogP contribution in [0.2, 0.25) is 0 Å². The van der Waals surface area contributed by atoms with Crippen LogP contribution in [0.4, 0.5) is 0 Å². The van der Waals surface area contributed by atoms with Gasteiger partial charge in [0.2, 0.25) is 5.12 Å². The molecule has 0 aliphatic carbocycles. The van der Waals surface area contributed by atoms with E-state index in [0.717, 1.165) is 22.8 Å². The molecule has 0 amide bonds. The minimum atomic E-state index is -0.649. The highest BCUT2D eigenvalue weighted by molar-refractivity contribution is 8.13. The number of carbonyl (C=O) groups excluding carboxylic acids is 1. The summed E-state index contributed by atoms with van der Waals surface area (Å²) in [6.45, 7) is 1.20. The van der Waals surface area contributed by atoms with Crippen molar-refractivity contribution < 1.29 is 14.3 Å². The molecule has 19 heavy (non-hydrogen) atoms. The number of ether oxygens (including phenoxy) is 2. The third-order valence-electron chi connectivity index (χ3n) is 3.43. The van der Waals surface area contributed by atoms with E-state index >= 15 is 0 Å². The number of benzene rings is 1. The van der Waals surface area contributed by atoms with Crippen molar-refractivity contribution in [1.29, 1.82) is 0 Å². The molecule has 1 spiro atoms. The van der Waals surface area contributed by atoms with Gasteiger partial charge in [0, 0.05) is 17.1 Å². The fourth-order valence-electron chi connectivity index (χ4n) is 2.46. The Morgan fingerprint density at radius 1 is 1.26 bits per heavy atom. The van der Waals surface area contributed by atoms with E-state index < -0.39 is 5.79 Å². The molecule has 2 saturated heterocycles. The smallest absolute Gasteiger partial charge is 0.203 e. The Morgan fingerprint density at radius 2 is 2.00 bits per heavy atom. The van der Waals surface area contributed by atoms with Gasteiger partial charge in [-0.3, -0.25) is 4.79 Å². The predicted octanol–water partition coefficient (Wildman–Crippen LogP) is 2.80. The maximum Gasteiger partial charge on any atom is 0.203 e. The lowest BCUT2D eigenvalue weighted by Crippen LogP contribution is -2.47. The topological polar surface area (TPSA) is 35.5 Å². The number of thioether (sulfide) groups is 2. The zero-order valence-electron chi connectivity index (χ0n) is 10.5. The van der Waals surface area contributed by atoms with Gasteiger partial charge in [0.15, 0.2) is 5.79 Å². The monoisotopic (exact) mass is 296 g/mol. The molecule has 1 atom stereocenters. The fourth-order valence-corrected chi connectivity index (χ4v) is 4.73. The second-order valence-corrected chi connectivity index (χ2v) is 6.85. The average Bonchev–Trinajstić information content (AvgIpc) is 2.89. The number of rotatable bonds is 2. The van der Waals surface area contributed by atoms with Crippen LogP contribution in [0.5, 0.6) is 0 Å². The van der Waals surface area contributed by atoms with Crippen LogP contribution in [-0.4, -0.2) is 35.6 Å². The quantitative estimate of drug-likeness (QED) is 0.784. The molecular weight excluding hydrogens is 280 g/mol. The van der Waals surface area contributed by atoms with Gasteiger partial charge in [-0.1, -0.05) is 30.0 Å². The van der Waals surface area contributed by atoms with E-state index in [0.29, 0.717) is 13.2 Å². The Labute approximate surface area is 121 Å². The first-order valence-electron chi connectivity index (χ1n) is 6.43. The standard InChI is InChI=1S/C14H16O3S2/c15-13(19-11-4-2-1-3-5-11)12-10-18-9-6-14(12)16-7-8-17-14/h1-5,12H,6-10H2/t12-/m1/s1. The maximum atomic E-state index is 12.5. The molecule has 2 aliphatic rings. The van der Waals surface area contributed by atoms with Crippen LogP contribution in [0.25, 0.3) is 0 Å². The van der Waals surface area contributed by atoms with Crippen molar-refractivity contribution in [1.82, 2.24) is 0 Å². The molecule has 3 rings (SSSR count). The Balaban J connectivity index is 1.74. The van der Waals surface area contributed by atoms with E-state index in [9.17, 15) is 4.79 Å². The molecule has 3 nitrogen and oxygen atoms in total. The van der Waals surface area contributed by atoms with E-state index in [1.807, 2.05) is 42.1 Å². The molecule has 2 heterocycles. The van der Waals surface area contributed by atoms with Gasteiger partial charge in [0.1, 0.15) is 0 Å². The Kier molecular flexibility index (Phi) is 4.17.